The highest BCUT2D eigenvalue weighted by Gasteiger charge is 2.28. The number of carbonyl (C=O) groups is 1. The average molecular weight is 284 g/mol. The van der Waals surface area contributed by atoms with Gasteiger partial charge in [-0.1, -0.05) is 22.4 Å². The maximum absolute atomic E-state index is 12.6. The van der Waals surface area contributed by atoms with E-state index in [4.69, 9.17) is 5.26 Å². The van der Waals surface area contributed by atoms with Gasteiger partial charge in [0.1, 0.15) is 16.2 Å². The van der Waals surface area contributed by atoms with Crippen LogP contribution in [0, 0.1) is 11.3 Å². The third kappa shape index (κ3) is 3.19. The van der Waals surface area contributed by atoms with Crippen LogP contribution in [0.4, 0.5) is 0 Å². The van der Waals surface area contributed by atoms with Crippen molar-refractivity contribution in [1.29, 1.82) is 5.26 Å². The lowest BCUT2D eigenvalue weighted by molar-refractivity contribution is 0.102. The quantitative estimate of drug-likeness (QED) is 0.640. The Bertz CT molecular complexity index is 700. The van der Waals surface area contributed by atoms with Gasteiger partial charge in [-0.15, -0.1) is 0 Å². The Hall–Kier alpha value is -2.25. The lowest BCUT2D eigenvalue weighted by Gasteiger charge is -2.06. The molecule has 2 aromatic carbocycles. The molecular formula is C16H14NO2S+. The molecule has 0 aliphatic carbocycles. The second kappa shape index (κ2) is 5.81. The molecule has 20 heavy (non-hydrogen) atoms. The third-order valence-corrected chi connectivity index (χ3v) is 5.07. The summed E-state index contributed by atoms with van der Waals surface area (Å²) < 4.78 is 12.6. The van der Waals surface area contributed by atoms with Crippen LogP contribution in [0.3, 0.4) is 0 Å². The van der Waals surface area contributed by atoms with Gasteiger partial charge in [-0.05, 0) is 36.4 Å². The first-order chi connectivity index (χ1) is 9.53. The molecule has 0 radical (unpaired) electrons. The van der Waals surface area contributed by atoms with E-state index in [2.05, 4.69) is 0 Å². The van der Waals surface area contributed by atoms with Crippen LogP contribution in [0.15, 0.2) is 59.5 Å². The van der Waals surface area contributed by atoms with Crippen LogP contribution in [-0.4, -0.2) is 17.8 Å². The molecule has 4 heteroatoms. The molecule has 0 fully saturated rings. The van der Waals surface area contributed by atoms with Gasteiger partial charge in [0, 0.05) is 5.56 Å². The average Bonchev–Trinajstić information content (AvgIpc) is 2.48. The van der Waals surface area contributed by atoms with Gasteiger partial charge in [0.15, 0.2) is 10.6 Å². The Balaban J connectivity index is 2.19. The number of rotatable bonds is 4. The smallest absolute Gasteiger partial charge is 0.212 e. The fourth-order valence-corrected chi connectivity index (χ4v) is 3.42. The van der Waals surface area contributed by atoms with Crippen LogP contribution in [0.25, 0.3) is 0 Å². The lowest BCUT2D eigenvalue weighted by atomic mass is 10.1. The molecule has 1 unspecified atom stereocenters. The van der Waals surface area contributed by atoms with Crippen LogP contribution in [0.5, 0.6) is 0 Å². The predicted octanol–water partition coefficient (Wildman–Crippen LogP) is 2.93. The molecule has 0 spiro atoms. The number of nitriles is 1. The highest BCUT2D eigenvalue weighted by atomic mass is 32.2. The van der Waals surface area contributed by atoms with Gasteiger partial charge in [0.25, 0.3) is 0 Å². The minimum absolute atomic E-state index is 0.0249. The lowest BCUT2D eigenvalue weighted by Crippen LogP contribution is -2.21. The van der Waals surface area contributed by atoms with Crippen molar-refractivity contribution in [2.45, 2.75) is 4.90 Å². The van der Waals surface area contributed by atoms with Crippen LogP contribution < -0.4 is 0 Å². The Morgan fingerprint density at radius 1 is 1.10 bits per heavy atom. The summed E-state index contributed by atoms with van der Waals surface area (Å²) in [6.07, 6.45) is 1.60. The molecule has 0 saturated heterocycles. The maximum Gasteiger partial charge on any atom is 0.212 e. The first-order valence-electron chi connectivity index (χ1n) is 6.08. The number of benzene rings is 2. The zero-order valence-corrected chi connectivity index (χ0v) is 11.9. The molecule has 0 bridgehead atoms. The first-order valence-corrected chi connectivity index (χ1v) is 8.22. The summed E-state index contributed by atoms with van der Waals surface area (Å²) in [5, 5.41) is 8.72. The van der Waals surface area contributed by atoms with Gasteiger partial charge >= 0.3 is 0 Å². The second-order valence-corrected chi connectivity index (χ2v) is 7.34. The van der Waals surface area contributed by atoms with E-state index in [-0.39, 0.29) is 11.5 Å². The second-order valence-electron chi connectivity index (χ2n) is 4.57. The van der Waals surface area contributed by atoms with E-state index in [9.17, 15) is 9.00 Å². The number of carbonyl (C=O) groups excluding carboxylic acids is 1. The van der Waals surface area contributed by atoms with E-state index in [1.807, 2.05) is 24.3 Å². The summed E-state index contributed by atoms with van der Waals surface area (Å²) in [5.74, 6) is -0.200. The SMILES string of the molecule is C[S+](=O)(CC(=O)c1ccc(C#N)cc1)c1ccccc1. The highest BCUT2D eigenvalue weighted by molar-refractivity contribution is 8.03. The standard InChI is InChI=1S/C16H14NO2S/c1-20(19,15-5-3-2-4-6-15)12-16(18)14-9-7-13(11-17)8-10-14/h2-10H,12H2,1H3/q+1. The molecule has 2 rings (SSSR count). The molecule has 2 aromatic rings. The molecule has 0 amide bonds. The summed E-state index contributed by atoms with van der Waals surface area (Å²) in [4.78, 5) is 12.9. The normalized spacial score (nSPS) is 13.2. The van der Waals surface area contributed by atoms with Crippen LogP contribution in [0.2, 0.25) is 0 Å². The molecule has 0 saturated carbocycles. The number of ketones is 1. The zero-order valence-electron chi connectivity index (χ0n) is 11.1. The van der Waals surface area contributed by atoms with Crippen LogP contribution in [0.1, 0.15) is 15.9 Å². The summed E-state index contributed by atoms with van der Waals surface area (Å²) >= 11 is 0. The van der Waals surface area contributed by atoms with Gasteiger partial charge < -0.3 is 0 Å². The van der Waals surface area contributed by atoms with Gasteiger partial charge in [-0.2, -0.15) is 5.26 Å². The summed E-state index contributed by atoms with van der Waals surface area (Å²) in [6, 6.07) is 17.4. The van der Waals surface area contributed by atoms with E-state index < -0.39 is 9.93 Å². The van der Waals surface area contributed by atoms with Crippen molar-refractivity contribution in [2.75, 3.05) is 12.0 Å². The van der Waals surface area contributed by atoms with Crippen molar-refractivity contribution >= 4 is 15.7 Å². The predicted molar refractivity (Wildman–Crippen MR) is 79.0 cm³/mol. The largest absolute Gasteiger partial charge is 0.289 e. The molecule has 0 aliphatic heterocycles. The van der Waals surface area contributed by atoms with Gasteiger partial charge in [0.05, 0.1) is 11.6 Å². The Labute approximate surface area is 119 Å². The fraction of sp³-hybridized carbons (Fsp3) is 0.125. The molecule has 0 N–H and O–H groups in total. The Kier molecular flexibility index (Phi) is 4.11. The van der Waals surface area contributed by atoms with Crippen molar-refractivity contribution in [3.05, 3.63) is 65.7 Å². The number of Topliss-reactive ketones (excluding diaryl/α,β-unsaturated/α-hetero) is 1. The molecule has 3 nitrogen and oxygen atoms in total. The minimum atomic E-state index is -2.39. The zero-order chi connectivity index (χ0) is 14.6. The summed E-state index contributed by atoms with van der Waals surface area (Å²) in [7, 11) is -2.39. The van der Waals surface area contributed by atoms with Crippen molar-refractivity contribution in [3.63, 3.8) is 0 Å². The van der Waals surface area contributed by atoms with Gasteiger partial charge in [0.2, 0.25) is 5.78 Å². The van der Waals surface area contributed by atoms with E-state index in [1.54, 1.807) is 42.7 Å². The van der Waals surface area contributed by atoms with Gasteiger partial charge in [-0.25, -0.2) is 0 Å². The molecule has 0 heterocycles. The molecule has 100 valence electrons. The van der Waals surface area contributed by atoms with Crippen molar-refractivity contribution in [2.24, 2.45) is 0 Å². The number of hydrogen-bond acceptors (Lipinski definition) is 3. The topological polar surface area (TPSA) is 57.9 Å². The molecular weight excluding hydrogens is 270 g/mol. The van der Waals surface area contributed by atoms with Gasteiger partial charge in [-0.3, -0.25) is 4.79 Å². The van der Waals surface area contributed by atoms with Crippen LogP contribution >= 0.6 is 0 Å². The molecule has 1 atom stereocenters. The summed E-state index contributed by atoms with van der Waals surface area (Å²) in [5.41, 5.74) is 0.983. The first kappa shape index (κ1) is 14.2. The monoisotopic (exact) mass is 284 g/mol. The number of hydrogen-bond donors (Lipinski definition) is 0. The fourth-order valence-electron chi connectivity index (χ4n) is 1.86. The summed E-state index contributed by atoms with van der Waals surface area (Å²) in [6.45, 7) is 0. The third-order valence-electron chi connectivity index (χ3n) is 2.98. The van der Waals surface area contributed by atoms with E-state index >= 15 is 0 Å². The maximum atomic E-state index is 12.6. The van der Waals surface area contributed by atoms with E-state index in [0.29, 0.717) is 16.0 Å². The number of nitrogens with zero attached hydrogens (tertiary/aromatic N) is 1. The molecule has 0 aliphatic rings. The van der Waals surface area contributed by atoms with E-state index in [1.165, 1.54) is 0 Å². The van der Waals surface area contributed by atoms with Crippen molar-refractivity contribution in [1.82, 2.24) is 0 Å². The highest BCUT2D eigenvalue weighted by Crippen LogP contribution is 2.18. The Morgan fingerprint density at radius 3 is 2.25 bits per heavy atom. The Morgan fingerprint density at radius 2 is 1.70 bits per heavy atom. The molecule has 0 aromatic heterocycles. The van der Waals surface area contributed by atoms with E-state index in [0.717, 1.165) is 0 Å². The van der Waals surface area contributed by atoms with Crippen LogP contribution in [-0.2, 0) is 14.1 Å². The minimum Gasteiger partial charge on any atom is -0.289 e. The van der Waals surface area contributed by atoms with Crippen molar-refractivity contribution < 1.29 is 9.00 Å². The van der Waals surface area contributed by atoms with Crippen molar-refractivity contribution in [3.8, 4) is 6.07 Å².